The van der Waals surface area contributed by atoms with Crippen molar-refractivity contribution < 1.29 is 19.6 Å². The summed E-state index contributed by atoms with van der Waals surface area (Å²) in [4.78, 5) is 30.2. The maximum Gasteiger partial charge on any atom is 0.482 e. The van der Waals surface area contributed by atoms with Gasteiger partial charge >= 0.3 is 7.69 Å². The number of amides is 2. The van der Waals surface area contributed by atoms with Crippen LogP contribution in [0.1, 0.15) is 23.2 Å². The summed E-state index contributed by atoms with van der Waals surface area (Å²) in [5.41, 5.74) is 1.32. The second-order valence-corrected chi connectivity index (χ2v) is 5.26. The summed E-state index contributed by atoms with van der Waals surface area (Å²) >= 11 is 0. The molecule has 0 saturated carbocycles. The Labute approximate surface area is 140 Å². The number of aromatic nitrogens is 1. The molecule has 1 aromatic carbocycles. The van der Waals surface area contributed by atoms with E-state index in [0.717, 1.165) is 36.8 Å². The summed E-state index contributed by atoms with van der Waals surface area (Å²) in [6.07, 6.45) is 3.71. The lowest BCUT2D eigenvalue weighted by molar-refractivity contribution is -0.129. The van der Waals surface area contributed by atoms with Crippen LogP contribution in [0.2, 0.25) is 0 Å². The molecule has 1 fully saturated rings. The van der Waals surface area contributed by atoms with Gasteiger partial charge in [-0.15, -0.1) is 0 Å². The number of hydrogen-bond acceptors (Lipinski definition) is 5. The van der Waals surface area contributed by atoms with Crippen LogP contribution < -0.4 is 5.32 Å². The number of likely N-dealkylation sites (tertiary alicyclic amines) is 1. The Morgan fingerprint density at radius 2 is 1.83 bits per heavy atom. The lowest BCUT2D eigenvalue weighted by Gasteiger charge is -2.15. The molecule has 1 radical (unpaired) electrons. The van der Waals surface area contributed by atoms with E-state index in [2.05, 4.69) is 10.3 Å². The van der Waals surface area contributed by atoms with E-state index in [9.17, 15) is 9.59 Å². The quantitative estimate of drug-likeness (QED) is 0.693. The van der Waals surface area contributed by atoms with Gasteiger partial charge in [0.05, 0.1) is 17.6 Å². The number of benzene rings is 1. The highest BCUT2D eigenvalue weighted by Crippen LogP contribution is 2.16. The number of nitrogens with one attached hydrogen (secondary N) is 1. The van der Waals surface area contributed by atoms with E-state index in [1.54, 1.807) is 17.2 Å². The smallest absolute Gasteiger partial charge is 0.429 e. The third-order valence-corrected chi connectivity index (χ3v) is 3.75. The summed E-state index contributed by atoms with van der Waals surface area (Å²) in [5, 5.41) is 17.5. The zero-order chi connectivity index (χ0) is 17.4. The first-order chi connectivity index (χ1) is 11.7. The second kappa shape index (κ2) is 9.00. The van der Waals surface area contributed by atoms with Crippen molar-refractivity contribution in [3.05, 3.63) is 42.1 Å². The molecule has 0 aliphatic carbocycles. The predicted octanol–water partition coefficient (Wildman–Crippen LogP) is 0.0922. The fourth-order valence-electron chi connectivity index (χ4n) is 2.62. The Kier molecular flexibility index (Phi) is 6.71. The molecule has 0 bridgehead atoms. The molecule has 24 heavy (non-hydrogen) atoms. The number of carbonyl (C=O) groups excluding carboxylic acids is 2. The van der Waals surface area contributed by atoms with Gasteiger partial charge in [-0.1, -0.05) is 18.2 Å². The standard InChI is InChI=1S/C16H17N3O2.BH2O2/c20-15(19-9-3-4-10-19)11-18-16(21)13-7-8-17-14-6-2-1-5-12(13)14;2-1-3/h1-2,5-8H,3-4,9-11H2,(H,18,21);2-3H. The van der Waals surface area contributed by atoms with Crippen molar-refractivity contribution in [3.8, 4) is 0 Å². The van der Waals surface area contributed by atoms with Crippen LogP contribution in [0.5, 0.6) is 0 Å². The Hall–Kier alpha value is -2.45. The molecule has 8 heteroatoms. The van der Waals surface area contributed by atoms with Crippen molar-refractivity contribution in [2.24, 2.45) is 0 Å². The minimum Gasteiger partial charge on any atom is -0.429 e. The normalized spacial score (nSPS) is 13.2. The second-order valence-electron chi connectivity index (χ2n) is 5.26. The van der Waals surface area contributed by atoms with Crippen molar-refractivity contribution in [2.45, 2.75) is 12.8 Å². The third kappa shape index (κ3) is 4.53. The van der Waals surface area contributed by atoms with Crippen LogP contribution in [0.25, 0.3) is 10.9 Å². The number of rotatable bonds is 3. The number of hydrogen-bond donors (Lipinski definition) is 3. The lowest BCUT2D eigenvalue weighted by atomic mass is 10.1. The Balaban J connectivity index is 0.000000647. The average Bonchev–Trinajstić information content (AvgIpc) is 3.14. The van der Waals surface area contributed by atoms with Gasteiger partial charge in [0.15, 0.2) is 0 Å². The molecule has 125 valence electrons. The lowest BCUT2D eigenvalue weighted by Crippen LogP contribution is -2.38. The zero-order valence-electron chi connectivity index (χ0n) is 13.2. The molecule has 1 aliphatic rings. The van der Waals surface area contributed by atoms with Crippen LogP contribution >= 0.6 is 0 Å². The molecule has 3 N–H and O–H groups in total. The number of nitrogens with zero attached hydrogens (tertiary/aromatic N) is 2. The van der Waals surface area contributed by atoms with Crippen molar-refractivity contribution in [1.29, 1.82) is 0 Å². The van der Waals surface area contributed by atoms with Gasteiger partial charge in [-0.25, -0.2) is 0 Å². The largest absolute Gasteiger partial charge is 0.482 e. The molecule has 2 amide bonds. The van der Waals surface area contributed by atoms with Gasteiger partial charge in [-0.3, -0.25) is 14.6 Å². The summed E-state index contributed by atoms with van der Waals surface area (Å²) in [6.45, 7) is 1.65. The third-order valence-electron chi connectivity index (χ3n) is 3.75. The molecule has 2 aromatic rings. The van der Waals surface area contributed by atoms with Crippen LogP contribution in [0, 0.1) is 0 Å². The minimum atomic E-state index is -0.235. The first-order valence-electron chi connectivity index (χ1n) is 7.67. The van der Waals surface area contributed by atoms with Gasteiger partial charge < -0.3 is 20.3 Å². The predicted molar refractivity (Wildman–Crippen MR) is 90.1 cm³/mol. The molecule has 2 heterocycles. The highest BCUT2D eigenvalue weighted by Gasteiger charge is 2.19. The van der Waals surface area contributed by atoms with E-state index >= 15 is 0 Å². The van der Waals surface area contributed by atoms with Gasteiger partial charge in [-0.2, -0.15) is 0 Å². The molecule has 1 aliphatic heterocycles. The van der Waals surface area contributed by atoms with Gasteiger partial charge in [0, 0.05) is 24.7 Å². The Morgan fingerprint density at radius 1 is 1.17 bits per heavy atom. The number of pyridine rings is 1. The highest BCUT2D eigenvalue weighted by atomic mass is 16.4. The van der Waals surface area contributed by atoms with Gasteiger partial charge in [0.25, 0.3) is 5.91 Å². The van der Waals surface area contributed by atoms with Crippen LogP contribution in [0.4, 0.5) is 0 Å². The van der Waals surface area contributed by atoms with Crippen LogP contribution in [0.15, 0.2) is 36.5 Å². The molecular formula is C16H19BN3O4. The van der Waals surface area contributed by atoms with Gasteiger partial charge in [0.1, 0.15) is 0 Å². The average molecular weight is 328 g/mol. The molecular weight excluding hydrogens is 309 g/mol. The first-order valence-corrected chi connectivity index (χ1v) is 7.67. The zero-order valence-corrected chi connectivity index (χ0v) is 13.2. The van der Waals surface area contributed by atoms with E-state index in [-0.39, 0.29) is 26.0 Å². The number of para-hydroxylation sites is 1. The van der Waals surface area contributed by atoms with E-state index in [1.807, 2.05) is 24.3 Å². The summed E-state index contributed by atoms with van der Waals surface area (Å²) < 4.78 is 0. The summed E-state index contributed by atoms with van der Waals surface area (Å²) in [7, 11) is 0. The van der Waals surface area contributed by atoms with Gasteiger partial charge in [0.2, 0.25) is 5.91 Å². The maximum absolute atomic E-state index is 12.3. The summed E-state index contributed by atoms with van der Waals surface area (Å²) in [5.74, 6) is -0.250. The molecule has 1 aromatic heterocycles. The van der Waals surface area contributed by atoms with E-state index < -0.39 is 0 Å². The first kappa shape index (κ1) is 17.9. The Morgan fingerprint density at radius 3 is 2.54 bits per heavy atom. The van der Waals surface area contributed by atoms with Gasteiger partial charge in [-0.05, 0) is 25.0 Å². The molecule has 0 unspecified atom stereocenters. The highest BCUT2D eigenvalue weighted by molar-refractivity contribution is 6.13. The number of carbonyl (C=O) groups is 2. The molecule has 1 saturated heterocycles. The maximum atomic E-state index is 12.3. The summed E-state index contributed by atoms with van der Waals surface area (Å²) in [6, 6.07) is 9.16. The fraction of sp³-hybridized carbons (Fsp3) is 0.312. The van der Waals surface area contributed by atoms with Crippen molar-refractivity contribution >= 4 is 30.4 Å². The fourth-order valence-corrected chi connectivity index (χ4v) is 2.62. The molecule has 7 nitrogen and oxygen atoms in total. The monoisotopic (exact) mass is 328 g/mol. The SMILES string of the molecule is O=C(NCC(=O)N1CCCC1)c1ccnc2ccccc12.O[B]O. The number of fused-ring (bicyclic) bond motifs is 1. The van der Waals surface area contributed by atoms with Crippen LogP contribution in [0.3, 0.4) is 0 Å². The Bertz CT molecular complexity index is 699. The van der Waals surface area contributed by atoms with Crippen molar-refractivity contribution in [1.82, 2.24) is 15.2 Å². The van der Waals surface area contributed by atoms with Crippen molar-refractivity contribution in [3.63, 3.8) is 0 Å². The van der Waals surface area contributed by atoms with Crippen LogP contribution in [-0.2, 0) is 4.79 Å². The van der Waals surface area contributed by atoms with E-state index in [4.69, 9.17) is 10.0 Å². The topological polar surface area (TPSA) is 103 Å². The van der Waals surface area contributed by atoms with E-state index in [0.29, 0.717) is 5.56 Å². The van der Waals surface area contributed by atoms with E-state index in [1.165, 1.54) is 0 Å². The molecule has 3 rings (SSSR count). The molecule has 0 atom stereocenters. The van der Waals surface area contributed by atoms with Crippen LogP contribution in [-0.4, -0.2) is 59.1 Å². The minimum absolute atomic E-state index is 0. The molecule has 0 spiro atoms. The van der Waals surface area contributed by atoms with Crippen molar-refractivity contribution in [2.75, 3.05) is 19.6 Å².